The average Bonchev–Trinajstić information content (AvgIpc) is 3.06. The number of hydrogen-bond donors (Lipinski definition) is 0. The fourth-order valence-electron chi connectivity index (χ4n) is 5.62. The fourth-order valence-corrected chi connectivity index (χ4v) is 5.86. The molecule has 0 unspecified atom stereocenters. The van der Waals surface area contributed by atoms with Crippen molar-refractivity contribution in [2.45, 2.75) is 64.7 Å². The number of carbonyl (C=O) groups excluding carboxylic acids is 1. The molecule has 0 radical (unpaired) electrons. The molecule has 1 aliphatic heterocycles. The van der Waals surface area contributed by atoms with Gasteiger partial charge in [-0.3, -0.25) is 4.79 Å². The summed E-state index contributed by atoms with van der Waals surface area (Å²) < 4.78 is 43.7. The van der Waals surface area contributed by atoms with E-state index in [0.29, 0.717) is 17.9 Å². The number of benzene rings is 1. The molecule has 2 aromatic heterocycles. The van der Waals surface area contributed by atoms with E-state index in [0.717, 1.165) is 22.9 Å². The van der Waals surface area contributed by atoms with Crippen LogP contribution in [0.1, 0.15) is 60.9 Å². The topological polar surface area (TPSA) is 50.5 Å². The second kappa shape index (κ2) is 7.72. The number of fused-ring (bicyclic) bond motifs is 4. The molecule has 0 bridgehead atoms. The van der Waals surface area contributed by atoms with Gasteiger partial charge in [0.25, 0.3) is 5.91 Å². The molecular weight excluding hydrogens is 453 g/mol. The summed E-state index contributed by atoms with van der Waals surface area (Å²) in [5, 5.41) is 3.97. The van der Waals surface area contributed by atoms with E-state index in [2.05, 4.69) is 17.0 Å². The van der Waals surface area contributed by atoms with Gasteiger partial charge in [-0.1, -0.05) is 42.8 Å². The summed E-state index contributed by atoms with van der Waals surface area (Å²) in [7, 11) is 0. The van der Waals surface area contributed by atoms with Crippen LogP contribution in [-0.2, 0) is 19.0 Å². The molecule has 1 aromatic carbocycles. The van der Waals surface area contributed by atoms with Gasteiger partial charge in [-0.25, -0.2) is 9.50 Å². The first-order chi connectivity index (χ1) is 15.6. The van der Waals surface area contributed by atoms with Crippen molar-refractivity contribution in [3.8, 4) is 11.3 Å². The standard InChI is InChI=1S/C24H24ClF3N4O/c1-12-10-13(2)31(14(3)11-12)23(33)20-18(25)22-29-19-16-7-5-4-6-15(16)8-9-17(19)21(24(26,27)28)32(22)30-20/h4-7,12-14H,8-11H2,1-3H3/t13-,14-/m1/s1. The maximum atomic E-state index is 14.3. The number of halogens is 4. The van der Waals surface area contributed by atoms with Crippen molar-refractivity contribution < 1.29 is 18.0 Å². The molecular formula is C24H24ClF3N4O. The monoisotopic (exact) mass is 476 g/mol. The molecule has 0 N–H and O–H groups in total. The Labute approximate surface area is 194 Å². The van der Waals surface area contributed by atoms with Gasteiger partial charge in [0.2, 0.25) is 0 Å². The predicted molar refractivity (Wildman–Crippen MR) is 119 cm³/mol. The van der Waals surface area contributed by atoms with Crippen LogP contribution in [0.25, 0.3) is 16.9 Å². The molecule has 3 heterocycles. The Morgan fingerprint density at radius 3 is 2.42 bits per heavy atom. The Hall–Kier alpha value is -2.61. The quantitative estimate of drug-likeness (QED) is 0.445. The summed E-state index contributed by atoms with van der Waals surface area (Å²) in [5.74, 6) is 0.00442. The van der Waals surface area contributed by atoms with E-state index in [9.17, 15) is 18.0 Å². The Balaban J connectivity index is 1.72. The lowest BCUT2D eigenvalue weighted by Gasteiger charge is -2.41. The van der Waals surface area contributed by atoms with Crippen LogP contribution in [0, 0.1) is 5.92 Å². The molecule has 2 atom stereocenters. The number of aryl methyl sites for hydroxylation is 1. The zero-order valence-electron chi connectivity index (χ0n) is 18.6. The minimum atomic E-state index is -4.69. The van der Waals surface area contributed by atoms with Crippen molar-refractivity contribution in [3.05, 3.63) is 51.8 Å². The first-order valence-electron chi connectivity index (χ1n) is 11.2. The number of piperidine rings is 1. The van der Waals surface area contributed by atoms with E-state index in [1.165, 1.54) is 0 Å². The van der Waals surface area contributed by atoms with Crippen molar-refractivity contribution >= 4 is 23.2 Å². The van der Waals surface area contributed by atoms with E-state index in [1.54, 1.807) is 17.0 Å². The first-order valence-corrected chi connectivity index (χ1v) is 11.5. The van der Waals surface area contributed by atoms with Crippen LogP contribution in [0.3, 0.4) is 0 Å². The Morgan fingerprint density at radius 2 is 1.76 bits per heavy atom. The average molecular weight is 477 g/mol. The van der Waals surface area contributed by atoms with Crippen molar-refractivity contribution in [1.29, 1.82) is 0 Å². The lowest BCUT2D eigenvalue weighted by atomic mass is 9.88. The van der Waals surface area contributed by atoms with Crippen LogP contribution in [-0.4, -0.2) is 37.5 Å². The van der Waals surface area contributed by atoms with Crippen LogP contribution >= 0.6 is 11.6 Å². The van der Waals surface area contributed by atoms with Gasteiger partial charge < -0.3 is 4.90 Å². The largest absolute Gasteiger partial charge is 0.433 e. The maximum Gasteiger partial charge on any atom is 0.433 e. The molecule has 5 nitrogen and oxygen atoms in total. The number of likely N-dealkylation sites (tertiary alicyclic amines) is 1. The zero-order valence-corrected chi connectivity index (χ0v) is 19.3. The van der Waals surface area contributed by atoms with Gasteiger partial charge in [0.1, 0.15) is 5.02 Å². The molecule has 0 spiro atoms. The lowest BCUT2D eigenvalue weighted by Crippen LogP contribution is -2.49. The summed E-state index contributed by atoms with van der Waals surface area (Å²) in [6.07, 6.45) is -2.39. The van der Waals surface area contributed by atoms with Crippen molar-refractivity contribution in [3.63, 3.8) is 0 Å². The molecule has 174 valence electrons. The fraction of sp³-hybridized carbons (Fsp3) is 0.458. The van der Waals surface area contributed by atoms with Gasteiger partial charge in [-0.2, -0.15) is 18.3 Å². The molecule has 1 amide bonds. The van der Waals surface area contributed by atoms with Crippen LogP contribution in [0.4, 0.5) is 13.2 Å². The first kappa shape index (κ1) is 22.2. The number of hydrogen-bond acceptors (Lipinski definition) is 3. The predicted octanol–water partition coefficient (Wildman–Crippen LogP) is 5.82. The third kappa shape index (κ3) is 3.50. The van der Waals surface area contributed by atoms with E-state index >= 15 is 0 Å². The van der Waals surface area contributed by atoms with E-state index < -0.39 is 17.8 Å². The number of nitrogens with zero attached hydrogens (tertiary/aromatic N) is 4. The van der Waals surface area contributed by atoms with Crippen LogP contribution in [0.2, 0.25) is 5.02 Å². The maximum absolute atomic E-state index is 14.3. The van der Waals surface area contributed by atoms with E-state index in [-0.39, 0.29) is 46.1 Å². The van der Waals surface area contributed by atoms with Crippen LogP contribution < -0.4 is 0 Å². The third-order valence-corrected chi connectivity index (χ3v) is 7.21. The summed E-state index contributed by atoms with van der Waals surface area (Å²) in [5.41, 5.74) is 0.695. The normalized spacial score (nSPS) is 22.9. The van der Waals surface area contributed by atoms with Gasteiger partial charge in [0.05, 0.1) is 5.69 Å². The SMILES string of the molecule is CC1C[C@@H](C)N(C(=O)c2nn3c(C(F)(F)F)c4c(nc3c2Cl)-c2ccccc2CC4)[C@H](C)C1. The van der Waals surface area contributed by atoms with Gasteiger partial charge in [0, 0.05) is 23.2 Å². The highest BCUT2D eigenvalue weighted by molar-refractivity contribution is 6.36. The Kier molecular flexibility index (Phi) is 5.19. The minimum Gasteiger partial charge on any atom is -0.332 e. The summed E-state index contributed by atoms with van der Waals surface area (Å²) in [4.78, 5) is 19.7. The molecule has 33 heavy (non-hydrogen) atoms. The number of carbonyl (C=O) groups is 1. The molecule has 1 fully saturated rings. The molecule has 0 saturated carbocycles. The molecule has 3 aromatic rings. The zero-order chi connectivity index (χ0) is 23.7. The molecule has 1 saturated heterocycles. The highest BCUT2D eigenvalue weighted by atomic mass is 35.5. The van der Waals surface area contributed by atoms with E-state index in [4.69, 9.17) is 11.6 Å². The number of amides is 1. The lowest BCUT2D eigenvalue weighted by molar-refractivity contribution is -0.143. The summed E-state index contributed by atoms with van der Waals surface area (Å²) >= 11 is 6.53. The van der Waals surface area contributed by atoms with Crippen LogP contribution in [0.15, 0.2) is 24.3 Å². The number of aromatic nitrogens is 3. The van der Waals surface area contributed by atoms with Crippen LogP contribution in [0.5, 0.6) is 0 Å². The molecule has 2 aliphatic rings. The number of alkyl halides is 3. The smallest absolute Gasteiger partial charge is 0.332 e. The van der Waals surface area contributed by atoms with Crippen molar-refractivity contribution in [2.75, 3.05) is 0 Å². The van der Waals surface area contributed by atoms with Crippen molar-refractivity contribution in [2.24, 2.45) is 5.92 Å². The van der Waals surface area contributed by atoms with Gasteiger partial charge in [-0.05, 0) is 51.0 Å². The second-order valence-corrected chi connectivity index (χ2v) is 9.71. The highest BCUT2D eigenvalue weighted by Gasteiger charge is 2.42. The van der Waals surface area contributed by atoms with Gasteiger partial charge in [-0.15, -0.1) is 0 Å². The molecule has 9 heteroatoms. The third-order valence-electron chi connectivity index (χ3n) is 6.87. The van der Waals surface area contributed by atoms with Gasteiger partial charge >= 0.3 is 6.18 Å². The summed E-state index contributed by atoms with van der Waals surface area (Å²) in [6.45, 7) is 6.03. The van der Waals surface area contributed by atoms with Crippen molar-refractivity contribution in [1.82, 2.24) is 19.5 Å². The highest BCUT2D eigenvalue weighted by Crippen LogP contribution is 2.42. The minimum absolute atomic E-state index is 0.0627. The summed E-state index contributed by atoms with van der Waals surface area (Å²) in [6, 6.07) is 7.17. The second-order valence-electron chi connectivity index (χ2n) is 9.33. The Morgan fingerprint density at radius 1 is 1.09 bits per heavy atom. The number of rotatable bonds is 1. The van der Waals surface area contributed by atoms with Gasteiger partial charge in [0.15, 0.2) is 17.0 Å². The molecule has 5 rings (SSSR count). The molecule has 1 aliphatic carbocycles. The Bertz CT molecular complexity index is 1260. The van der Waals surface area contributed by atoms with E-state index in [1.807, 2.05) is 26.0 Å².